The molecule has 3 aromatic carbocycles. The van der Waals surface area contributed by atoms with E-state index in [0.717, 1.165) is 22.4 Å². The summed E-state index contributed by atoms with van der Waals surface area (Å²) in [5.41, 5.74) is 3.12. The van der Waals surface area contributed by atoms with Gasteiger partial charge >= 0.3 is 6.03 Å². The number of imide groups is 2. The maximum Gasteiger partial charge on any atom is 0.335 e. The largest absolute Gasteiger partial charge is 0.490 e. The molecule has 0 aromatic heterocycles. The van der Waals surface area contributed by atoms with Gasteiger partial charge in [-0.1, -0.05) is 24.6 Å². The van der Waals surface area contributed by atoms with Crippen molar-refractivity contribution < 1.29 is 38.1 Å². The highest BCUT2D eigenvalue weighted by Gasteiger charge is 2.37. The molecule has 0 aliphatic carbocycles. The number of hydrogen-bond donors (Lipinski definition) is 2. The number of hydrogen-bond acceptors (Lipinski definition) is 8. The average Bonchev–Trinajstić information content (AvgIpc) is 3.00. The van der Waals surface area contributed by atoms with Crippen LogP contribution in [0.1, 0.15) is 43.9 Å². The maximum atomic E-state index is 13.6. The van der Waals surface area contributed by atoms with E-state index >= 15 is 0 Å². The number of nitrogens with zero attached hydrogens (tertiary/aromatic N) is 1. The predicted molar refractivity (Wildman–Crippen MR) is 183 cm³/mol. The van der Waals surface area contributed by atoms with Crippen LogP contribution in [0.15, 0.2) is 54.1 Å². The van der Waals surface area contributed by atoms with Crippen molar-refractivity contribution in [3.63, 3.8) is 0 Å². The summed E-state index contributed by atoms with van der Waals surface area (Å²) in [7, 11) is 0. The van der Waals surface area contributed by atoms with Gasteiger partial charge in [-0.15, -0.1) is 0 Å². The number of ether oxygens (including phenoxy) is 4. The summed E-state index contributed by atoms with van der Waals surface area (Å²) in [5, 5.41) is 5.09. The molecule has 0 bridgehead atoms. The monoisotopic (exact) mass is 741 g/mol. The molecule has 46 heavy (non-hydrogen) atoms. The maximum absolute atomic E-state index is 13.6. The van der Waals surface area contributed by atoms with Gasteiger partial charge in [0.1, 0.15) is 5.57 Å². The van der Waals surface area contributed by atoms with E-state index in [-0.39, 0.29) is 23.8 Å². The Hall–Kier alpha value is -4.59. The molecule has 0 radical (unpaired) electrons. The van der Waals surface area contributed by atoms with E-state index in [1.807, 2.05) is 68.5 Å². The molecule has 12 heteroatoms. The van der Waals surface area contributed by atoms with Crippen LogP contribution in [-0.4, -0.2) is 50.2 Å². The van der Waals surface area contributed by atoms with Gasteiger partial charge in [-0.25, -0.2) is 9.69 Å². The lowest BCUT2D eigenvalue weighted by Gasteiger charge is -2.27. The molecule has 0 saturated carbocycles. The first-order chi connectivity index (χ1) is 22.1. The van der Waals surface area contributed by atoms with Crippen LogP contribution < -0.4 is 34.5 Å². The minimum atomic E-state index is -0.885. The van der Waals surface area contributed by atoms with E-state index in [1.165, 1.54) is 12.1 Å². The highest BCUT2D eigenvalue weighted by atomic mass is 127. The SMILES string of the molecule is CCCOc1ccc(N2C(=O)NC(=O)/C(=C\c3cc(I)c(OCC(=O)Nc4ccc(C)cc4C)c(OCC)c3)C2=O)cc1OCC. The number of carbonyl (C=O) groups excluding carboxylic acids is 4. The van der Waals surface area contributed by atoms with Gasteiger partial charge in [-0.05, 0) is 104 Å². The highest BCUT2D eigenvalue weighted by Crippen LogP contribution is 2.36. The third-order valence-electron chi connectivity index (χ3n) is 6.70. The zero-order valence-corrected chi connectivity index (χ0v) is 28.5. The zero-order chi connectivity index (χ0) is 33.4. The smallest absolute Gasteiger partial charge is 0.335 e. The summed E-state index contributed by atoms with van der Waals surface area (Å²) >= 11 is 2.03. The molecular formula is C34H36IN3O8. The van der Waals surface area contributed by atoms with E-state index in [9.17, 15) is 19.2 Å². The standard InChI is InChI=1S/C34H36IN3O8/c1-6-13-45-27-12-10-23(18-28(27)43-7-2)38-33(41)24(32(40)37-34(38)42)15-22-16-25(35)31(29(17-22)44-8-3)46-19-30(39)36-26-11-9-20(4)14-21(26)5/h9-12,14-18H,6-8,13,19H2,1-5H3,(H,36,39)(H,37,40,42)/b24-15+. The summed E-state index contributed by atoms with van der Waals surface area (Å²) < 4.78 is 23.7. The summed E-state index contributed by atoms with van der Waals surface area (Å²) in [5.74, 6) is -0.488. The Bertz CT molecular complexity index is 1690. The van der Waals surface area contributed by atoms with Gasteiger partial charge in [0.15, 0.2) is 29.6 Å². The number of aryl methyl sites for hydroxylation is 2. The number of rotatable bonds is 13. The van der Waals surface area contributed by atoms with Crippen molar-refractivity contribution in [3.05, 3.63) is 74.4 Å². The lowest BCUT2D eigenvalue weighted by Crippen LogP contribution is -2.54. The summed E-state index contributed by atoms with van der Waals surface area (Å²) in [6, 6.07) is 12.8. The van der Waals surface area contributed by atoms with Crippen LogP contribution >= 0.6 is 22.6 Å². The lowest BCUT2D eigenvalue weighted by atomic mass is 10.1. The molecule has 4 rings (SSSR count). The van der Waals surface area contributed by atoms with Crippen LogP contribution in [0.4, 0.5) is 16.2 Å². The third-order valence-corrected chi connectivity index (χ3v) is 7.50. The Morgan fingerprint density at radius 2 is 1.63 bits per heavy atom. The minimum Gasteiger partial charge on any atom is -0.490 e. The highest BCUT2D eigenvalue weighted by molar-refractivity contribution is 14.1. The second-order valence-corrected chi connectivity index (χ2v) is 11.5. The van der Waals surface area contributed by atoms with Crippen LogP contribution in [-0.2, 0) is 14.4 Å². The van der Waals surface area contributed by atoms with Gasteiger partial charge in [0, 0.05) is 11.8 Å². The van der Waals surface area contributed by atoms with Crippen molar-refractivity contribution >= 4 is 63.8 Å². The van der Waals surface area contributed by atoms with Crippen molar-refractivity contribution in [1.82, 2.24) is 5.32 Å². The van der Waals surface area contributed by atoms with Crippen LogP contribution in [0.25, 0.3) is 6.08 Å². The third kappa shape index (κ3) is 8.16. The summed E-state index contributed by atoms with van der Waals surface area (Å²) in [6.07, 6.45) is 2.16. The number of benzene rings is 3. The molecule has 0 atom stereocenters. The molecule has 0 unspecified atom stereocenters. The summed E-state index contributed by atoms with van der Waals surface area (Å²) in [4.78, 5) is 52.9. The molecule has 242 valence electrons. The van der Waals surface area contributed by atoms with Crippen molar-refractivity contribution in [2.75, 3.05) is 36.6 Å². The van der Waals surface area contributed by atoms with Crippen LogP contribution in [0.5, 0.6) is 23.0 Å². The lowest BCUT2D eigenvalue weighted by molar-refractivity contribution is -0.122. The van der Waals surface area contributed by atoms with Crippen molar-refractivity contribution in [2.45, 2.75) is 41.0 Å². The van der Waals surface area contributed by atoms with Crippen molar-refractivity contribution in [2.24, 2.45) is 0 Å². The van der Waals surface area contributed by atoms with E-state index in [4.69, 9.17) is 18.9 Å². The van der Waals surface area contributed by atoms with Crippen molar-refractivity contribution in [3.8, 4) is 23.0 Å². The molecular weight excluding hydrogens is 705 g/mol. The predicted octanol–water partition coefficient (Wildman–Crippen LogP) is 6.18. The zero-order valence-electron chi connectivity index (χ0n) is 26.3. The first-order valence-electron chi connectivity index (χ1n) is 14.8. The Kier molecular flexibility index (Phi) is 11.6. The van der Waals surface area contributed by atoms with Crippen LogP contribution in [0.3, 0.4) is 0 Å². The van der Waals surface area contributed by atoms with Gasteiger partial charge < -0.3 is 24.3 Å². The fourth-order valence-corrected chi connectivity index (χ4v) is 5.43. The van der Waals surface area contributed by atoms with Gasteiger partial charge in [-0.3, -0.25) is 19.7 Å². The fraction of sp³-hybridized carbons (Fsp3) is 0.294. The number of halogens is 1. The summed E-state index contributed by atoms with van der Waals surface area (Å²) in [6.45, 7) is 10.3. The van der Waals surface area contributed by atoms with E-state index < -0.39 is 17.8 Å². The number of carbonyl (C=O) groups is 4. The van der Waals surface area contributed by atoms with E-state index in [0.29, 0.717) is 57.6 Å². The molecule has 1 aliphatic rings. The van der Waals surface area contributed by atoms with Crippen LogP contribution in [0.2, 0.25) is 0 Å². The Labute approximate surface area is 281 Å². The molecule has 2 N–H and O–H groups in total. The van der Waals surface area contributed by atoms with Gasteiger partial charge in [-0.2, -0.15) is 0 Å². The quantitative estimate of drug-likeness (QED) is 0.121. The number of barbiturate groups is 1. The second-order valence-electron chi connectivity index (χ2n) is 10.3. The Morgan fingerprint density at radius 3 is 2.33 bits per heavy atom. The fourth-order valence-electron chi connectivity index (χ4n) is 4.65. The molecule has 1 fully saturated rings. The molecule has 11 nitrogen and oxygen atoms in total. The normalized spacial score (nSPS) is 13.8. The first-order valence-corrected chi connectivity index (χ1v) is 15.9. The molecule has 1 saturated heterocycles. The topological polar surface area (TPSA) is 132 Å². The van der Waals surface area contributed by atoms with Crippen molar-refractivity contribution in [1.29, 1.82) is 0 Å². The van der Waals surface area contributed by atoms with E-state index in [2.05, 4.69) is 10.6 Å². The number of urea groups is 1. The van der Waals surface area contributed by atoms with Gasteiger partial charge in [0.05, 0.1) is 29.1 Å². The average molecular weight is 742 g/mol. The molecule has 3 aromatic rings. The molecule has 1 aliphatic heterocycles. The number of amides is 5. The Morgan fingerprint density at radius 1 is 0.891 bits per heavy atom. The number of nitrogens with one attached hydrogen (secondary N) is 2. The van der Waals surface area contributed by atoms with E-state index in [1.54, 1.807) is 31.2 Å². The van der Waals surface area contributed by atoms with Gasteiger partial charge in [0.2, 0.25) is 0 Å². The molecule has 5 amide bonds. The van der Waals surface area contributed by atoms with Gasteiger partial charge in [0.25, 0.3) is 17.7 Å². The second kappa shape index (κ2) is 15.6. The van der Waals surface area contributed by atoms with Crippen LogP contribution in [0, 0.1) is 17.4 Å². The Balaban J connectivity index is 1.59. The minimum absolute atomic E-state index is 0.209. The molecule has 0 spiro atoms. The number of anilines is 2. The first kappa shape index (κ1) is 34.3. The molecule has 1 heterocycles.